The predicted octanol–water partition coefficient (Wildman–Crippen LogP) is 2.75. The normalized spacial score (nSPS) is 30.5. The van der Waals surface area contributed by atoms with Crippen LogP contribution in [0.5, 0.6) is 0 Å². The number of hydrogen-bond acceptors (Lipinski definition) is 7. The van der Waals surface area contributed by atoms with Gasteiger partial charge in [-0.05, 0) is 38.5 Å². The largest absolute Gasteiger partial charge is 0.466 e. The number of aliphatic hydroxyl groups is 1. The van der Waals surface area contributed by atoms with Crippen molar-refractivity contribution in [2.24, 2.45) is 11.8 Å². The van der Waals surface area contributed by atoms with Crippen molar-refractivity contribution in [2.75, 3.05) is 20.3 Å². The highest BCUT2D eigenvalue weighted by Gasteiger charge is 2.45. The van der Waals surface area contributed by atoms with E-state index in [4.69, 9.17) is 14.2 Å². The third-order valence-electron chi connectivity index (χ3n) is 5.58. The smallest absolute Gasteiger partial charge is 0.330 e. The minimum absolute atomic E-state index is 0.00205. The summed E-state index contributed by atoms with van der Waals surface area (Å²) in [5.41, 5.74) is 0. The van der Waals surface area contributed by atoms with Gasteiger partial charge in [-0.25, -0.2) is 4.79 Å². The van der Waals surface area contributed by atoms with E-state index < -0.39 is 0 Å². The Labute approximate surface area is 167 Å². The molecule has 1 aliphatic carbocycles. The van der Waals surface area contributed by atoms with Crippen LogP contribution in [0.2, 0.25) is 0 Å². The lowest BCUT2D eigenvalue weighted by Crippen LogP contribution is -2.33. The number of allylic oxidation sites excluding steroid dienone is 1. The summed E-state index contributed by atoms with van der Waals surface area (Å²) in [5.74, 6) is -0.661. The standard InChI is InChI=1S/C21H34O7/c1-15(23)27-18-13-19(28-21-11-7-8-12-26-21)17(14-22)16(18)9-5-3-4-6-10-20(24)25-2/h6,10,16-19,21-22H,3-5,7-9,11-14H2,1-2H3/b10-6+/t16-,17-,18+,19-,21?/m1/s1. The molecule has 2 aliphatic rings. The molecule has 1 saturated heterocycles. The molecule has 0 radical (unpaired) electrons. The van der Waals surface area contributed by atoms with Crippen LogP contribution < -0.4 is 0 Å². The van der Waals surface area contributed by atoms with Crippen molar-refractivity contribution < 1.29 is 33.6 Å². The van der Waals surface area contributed by atoms with Crippen LogP contribution in [-0.4, -0.2) is 55.9 Å². The molecule has 2 fully saturated rings. The molecular formula is C21H34O7. The van der Waals surface area contributed by atoms with E-state index in [-0.39, 0.29) is 48.9 Å². The second-order valence-electron chi connectivity index (χ2n) is 7.57. The Morgan fingerprint density at radius 1 is 1.18 bits per heavy atom. The molecule has 1 saturated carbocycles. The Balaban J connectivity index is 1.88. The molecule has 0 amide bonds. The van der Waals surface area contributed by atoms with Gasteiger partial charge in [-0.2, -0.15) is 0 Å². The maximum Gasteiger partial charge on any atom is 0.330 e. The van der Waals surface area contributed by atoms with Crippen LogP contribution in [0.3, 0.4) is 0 Å². The van der Waals surface area contributed by atoms with E-state index in [0.29, 0.717) is 13.0 Å². The van der Waals surface area contributed by atoms with Gasteiger partial charge in [0.2, 0.25) is 0 Å². The summed E-state index contributed by atoms with van der Waals surface area (Å²) in [7, 11) is 1.35. The summed E-state index contributed by atoms with van der Waals surface area (Å²) in [6.07, 6.45) is 9.63. The van der Waals surface area contributed by atoms with E-state index in [2.05, 4.69) is 4.74 Å². The lowest BCUT2D eigenvalue weighted by molar-refractivity contribution is -0.198. The average Bonchev–Trinajstić information content (AvgIpc) is 3.00. The van der Waals surface area contributed by atoms with Crippen molar-refractivity contribution in [1.82, 2.24) is 0 Å². The number of methoxy groups -OCH3 is 1. The number of hydrogen-bond donors (Lipinski definition) is 1. The summed E-state index contributed by atoms with van der Waals surface area (Å²) in [4.78, 5) is 22.6. The number of esters is 2. The fourth-order valence-electron chi connectivity index (χ4n) is 4.19. The van der Waals surface area contributed by atoms with Crippen LogP contribution in [-0.2, 0) is 28.5 Å². The first kappa shape index (κ1) is 22.8. The molecule has 7 heteroatoms. The van der Waals surface area contributed by atoms with Crippen LogP contribution in [0.15, 0.2) is 12.2 Å². The second-order valence-corrected chi connectivity index (χ2v) is 7.57. The van der Waals surface area contributed by atoms with Gasteiger partial charge >= 0.3 is 11.9 Å². The molecule has 28 heavy (non-hydrogen) atoms. The molecule has 2 rings (SSSR count). The predicted molar refractivity (Wildman–Crippen MR) is 102 cm³/mol. The van der Waals surface area contributed by atoms with Crippen molar-refractivity contribution in [3.63, 3.8) is 0 Å². The van der Waals surface area contributed by atoms with Crippen molar-refractivity contribution in [3.8, 4) is 0 Å². The molecule has 0 spiro atoms. The first-order chi connectivity index (χ1) is 13.5. The van der Waals surface area contributed by atoms with Gasteiger partial charge in [-0.15, -0.1) is 0 Å². The van der Waals surface area contributed by atoms with Gasteiger partial charge in [0.05, 0.1) is 13.2 Å². The maximum absolute atomic E-state index is 11.5. The van der Waals surface area contributed by atoms with Crippen LogP contribution in [0.25, 0.3) is 0 Å². The summed E-state index contributed by atoms with van der Waals surface area (Å²) in [6, 6.07) is 0. The van der Waals surface area contributed by atoms with E-state index in [0.717, 1.165) is 44.9 Å². The second kappa shape index (κ2) is 12.2. The van der Waals surface area contributed by atoms with Crippen molar-refractivity contribution in [2.45, 2.75) is 76.8 Å². The van der Waals surface area contributed by atoms with E-state index >= 15 is 0 Å². The van der Waals surface area contributed by atoms with Crippen molar-refractivity contribution >= 4 is 11.9 Å². The van der Waals surface area contributed by atoms with Gasteiger partial charge in [0.1, 0.15) is 6.10 Å². The molecule has 0 aromatic rings. The molecular weight excluding hydrogens is 364 g/mol. The highest BCUT2D eigenvalue weighted by atomic mass is 16.7. The highest BCUT2D eigenvalue weighted by molar-refractivity contribution is 5.81. The zero-order chi connectivity index (χ0) is 20.4. The summed E-state index contributed by atoms with van der Waals surface area (Å²) in [5, 5.41) is 9.99. The van der Waals surface area contributed by atoms with E-state index in [1.165, 1.54) is 20.1 Å². The highest BCUT2D eigenvalue weighted by Crippen LogP contribution is 2.40. The lowest BCUT2D eigenvalue weighted by Gasteiger charge is -2.29. The third kappa shape index (κ3) is 7.18. The van der Waals surface area contributed by atoms with Crippen molar-refractivity contribution in [1.29, 1.82) is 0 Å². The van der Waals surface area contributed by atoms with Crippen molar-refractivity contribution in [3.05, 3.63) is 12.2 Å². The topological polar surface area (TPSA) is 91.3 Å². The Kier molecular flexibility index (Phi) is 9.95. The van der Waals surface area contributed by atoms with Gasteiger partial charge in [-0.1, -0.05) is 12.5 Å². The summed E-state index contributed by atoms with van der Waals surface area (Å²) < 4.78 is 21.9. The summed E-state index contributed by atoms with van der Waals surface area (Å²) >= 11 is 0. The van der Waals surface area contributed by atoms with E-state index in [1.54, 1.807) is 6.08 Å². The molecule has 5 atom stereocenters. The van der Waals surface area contributed by atoms with Gasteiger partial charge in [0.25, 0.3) is 0 Å². The van der Waals surface area contributed by atoms with Gasteiger partial charge < -0.3 is 24.1 Å². The fraction of sp³-hybridized carbons (Fsp3) is 0.810. The Bertz CT molecular complexity index is 513. The van der Waals surface area contributed by atoms with Crippen LogP contribution in [0, 0.1) is 11.8 Å². The molecule has 1 heterocycles. The third-order valence-corrected chi connectivity index (χ3v) is 5.58. The maximum atomic E-state index is 11.5. The molecule has 1 N–H and O–H groups in total. The molecule has 0 aromatic heterocycles. The number of ether oxygens (including phenoxy) is 4. The Morgan fingerprint density at radius 3 is 2.64 bits per heavy atom. The zero-order valence-electron chi connectivity index (χ0n) is 17.0. The molecule has 160 valence electrons. The Morgan fingerprint density at radius 2 is 2.00 bits per heavy atom. The molecule has 1 aliphatic heterocycles. The van der Waals surface area contributed by atoms with Crippen LogP contribution in [0.4, 0.5) is 0 Å². The number of unbranched alkanes of at least 4 members (excludes halogenated alkanes) is 2. The van der Waals surface area contributed by atoms with Crippen LogP contribution in [0.1, 0.15) is 58.3 Å². The van der Waals surface area contributed by atoms with Gasteiger partial charge in [-0.3, -0.25) is 4.79 Å². The van der Waals surface area contributed by atoms with E-state index in [1.807, 2.05) is 0 Å². The SMILES string of the molecule is COC(=O)/C=C/CCCC[C@@H]1[C@@H](CO)[C@H](OC2CCCCO2)C[C@@H]1OC(C)=O. The molecule has 0 aromatic carbocycles. The monoisotopic (exact) mass is 398 g/mol. The lowest BCUT2D eigenvalue weighted by atomic mass is 9.89. The molecule has 1 unspecified atom stereocenters. The first-order valence-corrected chi connectivity index (χ1v) is 10.3. The van der Waals surface area contributed by atoms with Crippen LogP contribution >= 0.6 is 0 Å². The minimum atomic E-state index is -0.351. The number of carbonyl (C=O) groups excluding carboxylic acids is 2. The first-order valence-electron chi connectivity index (χ1n) is 10.3. The minimum Gasteiger partial charge on any atom is -0.466 e. The fourth-order valence-corrected chi connectivity index (χ4v) is 4.19. The molecule has 7 nitrogen and oxygen atoms in total. The average molecular weight is 398 g/mol. The van der Waals surface area contributed by atoms with Gasteiger partial charge in [0, 0.05) is 44.5 Å². The number of rotatable bonds is 10. The quantitative estimate of drug-likeness (QED) is 0.344. The van der Waals surface area contributed by atoms with E-state index in [9.17, 15) is 14.7 Å². The zero-order valence-corrected chi connectivity index (χ0v) is 17.0. The Hall–Kier alpha value is -1.44. The summed E-state index contributed by atoms with van der Waals surface area (Å²) in [6.45, 7) is 2.13. The molecule has 0 bridgehead atoms. The van der Waals surface area contributed by atoms with Gasteiger partial charge in [0.15, 0.2) is 6.29 Å². The number of carbonyl (C=O) groups is 2. The number of aliphatic hydroxyl groups excluding tert-OH is 1.